The third kappa shape index (κ3) is 5.07. The predicted molar refractivity (Wildman–Crippen MR) is 102 cm³/mol. The smallest absolute Gasteiger partial charge is 0.335 e. The Kier molecular flexibility index (Phi) is 6.05. The highest BCUT2D eigenvalue weighted by molar-refractivity contribution is 5.87. The lowest BCUT2D eigenvalue weighted by molar-refractivity contribution is 0.0697. The lowest BCUT2D eigenvalue weighted by Gasteiger charge is -2.11. The zero-order valence-electron chi connectivity index (χ0n) is 15.1. The first kappa shape index (κ1) is 18.5. The van der Waals surface area contributed by atoms with Gasteiger partial charge in [0.2, 0.25) is 0 Å². The molecular weight excluding hydrogens is 342 g/mol. The van der Waals surface area contributed by atoms with Gasteiger partial charge in [-0.15, -0.1) is 0 Å². The van der Waals surface area contributed by atoms with Gasteiger partial charge in [0.25, 0.3) is 0 Å². The maximum atomic E-state index is 10.9. The molecule has 1 N–H and O–H groups in total. The second-order valence-electron chi connectivity index (χ2n) is 6.09. The van der Waals surface area contributed by atoms with Gasteiger partial charge in [-0.05, 0) is 60.4 Å². The largest absolute Gasteiger partial charge is 0.497 e. The van der Waals surface area contributed by atoms with E-state index < -0.39 is 5.97 Å². The highest BCUT2D eigenvalue weighted by Crippen LogP contribution is 2.20. The van der Waals surface area contributed by atoms with Crippen LogP contribution in [0.3, 0.4) is 0 Å². The summed E-state index contributed by atoms with van der Waals surface area (Å²) >= 11 is 0. The summed E-state index contributed by atoms with van der Waals surface area (Å²) in [5.74, 6) is 0.634. The quantitative estimate of drug-likeness (QED) is 0.651. The normalized spacial score (nSPS) is 10.4. The summed E-state index contributed by atoms with van der Waals surface area (Å²) in [5, 5.41) is 8.97. The molecule has 0 saturated carbocycles. The van der Waals surface area contributed by atoms with Crippen LogP contribution in [-0.4, -0.2) is 23.2 Å². The molecule has 27 heavy (non-hydrogen) atoms. The number of methoxy groups -OCH3 is 1. The molecule has 0 aliphatic carbocycles. The molecule has 0 aliphatic rings. The zero-order valence-corrected chi connectivity index (χ0v) is 15.1. The van der Waals surface area contributed by atoms with Crippen LogP contribution in [0.4, 0.5) is 0 Å². The number of nitrogens with zero attached hydrogens (tertiary/aromatic N) is 1. The van der Waals surface area contributed by atoms with Gasteiger partial charge in [0.15, 0.2) is 0 Å². The number of benzene rings is 2. The Morgan fingerprint density at radius 3 is 2.56 bits per heavy atom. The molecule has 5 heteroatoms. The Morgan fingerprint density at radius 1 is 1.00 bits per heavy atom. The van der Waals surface area contributed by atoms with E-state index in [1.54, 1.807) is 25.4 Å². The molecule has 0 radical (unpaired) electrons. The van der Waals surface area contributed by atoms with Crippen LogP contribution < -0.4 is 9.47 Å². The van der Waals surface area contributed by atoms with Gasteiger partial charge in [0, 0.05) is 6.20 Å². The first-order chi connectivity index (χ1) is 13.2. The van der Waals surface area contributed by atoms with Crippen molar-refractivity contribution in [2.45, 2.75) is 19.4 Å². The van der Waals surface area contributed by atoms with Gasteiger partial charge in [-0.3, -0.25) is 4.98 Å². The fourth-order valence-electron chi connectivity index (χ4n) is 2.74. The van der Waals surface area contributed by atoms with Gasteiger partial charge in [-0.25, -0.2) is 4.79 Å². The molecule has 0 unspecified atom stereocenters. The van der Waals surface area contributed by atoms with E-state index >= 15 is 0 Å². The third-order valence-corrected chi connectivity index (χ3v) is 4.23. The minimum atomic E-state index is -0.917. The lowest BCUT2D eigenvalue weighted by Crippen LogP contribution is -2.02. The van der Waals surface area contributed by atoms with Crippen molar-refractivity contribution < 1.29 is 19.4 Å². The molecule has 2 aromatic carbocycles. The average molecular weight is 363 g/mol. The molecule has 0 spiro atoms. The van der Waals surface area contributed by atoms with Crippen LogP contribution >= 0.6 is 0 Å². The van der Waals surface area contributed by atoms with Crippen LogP contribution in [0.2, 0.25) is 0 Å². The highest BCUT2D eigenvalue weighted by Gasteiger charge is 2.07. The topological polar surface area (TPSA) is 68.7 Å². The van der Waals surface area contributed by atoms with Crippen LogP contribution in [0, 0.1) is 0 Å². The number of carbonyl (C=O) groups is 1. The SMILES string of the molecule is COc1cccc(COc2cccnc2CCc2ccc(C(=O)O)cc2)c1. The van der Waals surface area contributed by atoms with E-state index in [9.17, 15) is 4.79 Å². The number of rotatable bonds is 8. The molecule has 1 aromatic heterocycles. The maximum Gasteiger partial charge on any atom is 0.335 e. The number of carboxylic acid groups (broad SMARTS) is 1. The Bertz CT molecular complexity index is 906. The number of ether oxygens (including phenoxy) is 2. The summed E-state index contributed by atoms with van der Waals surface area (Å²) in [5.41, 5.74) is 3.25. The summed E-state index contributed by atoms with van der Waals surface area (Å²) in [6.07, 6.45) is 3.22. The van der Waals surface area contributed by atoms with Crippen LogP contribution in [-0.2, 0) is 19.4 Å². The molecule has 0 fully saturated rings. The van der Waals surface area contributed by atoms with Gasteiger partial charge in [-0.2, -0.15) is 0 Å². The molecule has 0 bridgehead atoms. The number of aryl methyl sites for hydroxylation is 2. The maximum absolute atomic E-state index is 10.9. The molecule has 0 atom stereocenters. The first-order valence-electron chi connectivity index (χ1n) is 8.67. The predicted octanol–water partition coefficient (Wildman–Crippen LogP) is 4.15. The van der Waals surface area contributed by atoms with Crippen LogP contribution in [0.5, 0.6) is 11.5 Å². The van der Waals surface area contributed by atoms with E-state index in [1.807, 2.05) is 48.5 Å². The average Bonchev–Trinajstić information content (AvgIpc) is 2.71. The van der Waals surface area contributed by atoms with Gasteiger partial charge < -0.3 is 14.6 Å². The molecule has 3 rings (SSSR count). The van der Waals surface area contributed by atoms with Crippen molar-refractivity contribution in [3.05, 3.63) is 89.2 Å². The van der Waals surface area contributed by atoms with E-state index in [2.05, 4.69) is 4.98 Å². The van der Waals surface area contributed by atoms with E-state index in [0.29, 0.717) is 18.6 Å². The van der Waals surface area contributed by atoms with Gasteiger partial charge in [-0.1, -0.05) is 24.3 Å². The number of carboxylic acids is 1. The summed E-state index contributed by atoms with van der Waals surface area (Å²) in [6, 6.07) is 18.4. The highest BCUT2D eigenvalue weighted by atomic mass is 16.5. The van der Waals surface area contributed by atoms with E-state index in [0.717, 1.165) is 34.7 Å². The van der Waals surface area contributed by atoms with Gasteiger partial charge in [0.05, 0.1) is 18.4 Å². The standard InChI is InChI=1S/C22H21NO4/c1-26-19-5-2-4-17(14-19)15-27-21-6-3-13-23-20(21)12-9-16-7-10-18(11-8-16)22(24)25/h2-8,10-11,13-14H,9,12,15H2,1H3,(H,24,25). The van der Waals surface area contributed by atoms with E-state index in [-0.39, 0.29) is 0 Å². The first-order valence-corrected chi connectivity index (χ1v) is 8.67. The number of hydrogen-bond donors (Lipinski definition) is 1. The molecular formula is C22H21NO4. The van der Waals surface area contributed by atoms with Crippen molar-refractivity contribution in [1.82, 2.24) is 4.98 Å². The van der Waals surface area contributed by atoms with Crippen molar-refractivity contribution in [1.29, 1.82) is 0 Å². The second-order valence-corrected chi connectivity index (χ2v) is 6.09. The molecule has 0 amide bonds. The molecule has 0 saturated heterocycles. The Labute approximate surface area is 158 Å². The number of aromatic nitrogens is 1. The zero-order chi connectivity index (χ0) is 19.1. The van der Waals surface area contributed by atoms with Gasteiger partial charge >= 0.3 is 5.97 Å². The van der Waals surface area contributed by atoms with Crippen molar-refractivity contribution in [2.24, 2.45) is 0 Å². The van der Waals surface area contributed by atoms with Crippen LogP contribution in [0.25, 0.3) is 0 Å². The minimum absolute atomic E-state index is 0.291. The lowest BCUT2D eigenvalue weighted by atomic mass is 10.1. The number of hydrogen-bond acceptors (Lipinski definition) is 4. The Hall–Kier alpha value is -3.34. The molecule has 1 heterocycles. The van der Waals surface area contributed by atoms with Crippen LogP contribution in [0.15, 0.2) is 66.9 Å². The molecule has 3 aromatic rings. The summed E-state index contributed by atoms with van der Waals surface area (Å²) in [6.45, 7) is 0.434. The minimum Gasteiger partial charge on any atom is -0.497 e. The van der Waals surface area contributed by atoms with Gasteiger partial charge in [0.1, 0.15) is 18.1 Å². The Balaban J connectivity index is 1.64. The van der Waals surface area contributed by atoms with Crippen molar-refractivity contribution >= 4 is 5.97 Å². The van der Waals surface area contributed by atoms with Crippen molar-refractivity contribution in [3.8, 4) is 11.5 Å². The molecule has 5 nitrogen and oxygen atoms in total. The number of pyridine rings is 1. The summed E-state index contributed by atoms with van der Waals surface area (Å²) < 4.78 is 11.2. The van der Waals surface area contributed by atoms with Crippen LogP contribution in [0.1, 0.15) is 27.2 Å². The fraction of sp³-hybridized carbons (Fsp3) is 0.182. The molecule has 138 valence electrons. The molecule has 0 aliphatic heterocycles. The van der Waals surface area contributed by atoms with E-state index in [1.165, 1.54) is 0 Å². The van der Waals surface area contributed by atoms with E-state index in [4.69, 9.17) is 14.6 Å². The van der Waals surface area contributed by atoms with Crippen molar-refractivity contribution in [3.63, 3.8) is 0 Å². The Morgan fingerprint density at radius 2 is 1.81 bits per heavy atom. The summed E-state index contributed by atoms with van der Waals surface area (Å²) in [4.78, 5) is 15.4. The third-order valence-electron chi connectivity index (χ3n) is 4.23. The fourth-order valence-corrected chi connectivity index (χ4v) is 2.74. The summed E-state index contributed by atoms with van der Waals surface area (Å²) in [7, 11) is 1.64. The monoisotopic (exact) mass is 363 g/mol. The van der Waals surface area contributed by atoms with Crippen molar-refractivity contribution in [2.75, 3.05) is 7.11 Å². The number of aromatic carboxylic acids is 1. The second kappa shape index (κ2) is 8.85.